The van der Waals surface area contributed by atoms with Crippen molar-refractivity contribution in [1.82, 2.24) is 4.72 Å². The first-order valence-electron chi connectivity index (χ1n) is 7.02. The molecule has 21 heavy (non-hydrogen) atoms. The van der Waals surface area contributed by atoms with E-state index in [1.165, 1.54) is 0 Å². The quantitative estimate of drug-likeness (QED) is 0.857. The summed E-state index contributed by atoms with van der Waals surface area (Å²) in [6.45, 7) is 2.02. The molecule has 1 aromatic carbocycles. The number of hydrogen-bond acceptors (Lipinski definition) is 2. The molecule has 0 spiro atoms. The van der Waals surface area contributed by atoms with E-state index in [0.717, 1.165) is 38.2 Å². The van der Waals surface area contributed by atoms with Crippen LogP contribution in [0.2, 0.25) is 0 Å². The summed E-state index contributed by atoms with van der Waals surface area (Å²) in [7, 11) is -4.02. The molecule has 1 aliphatic carbocycles. The molecule has 2 atom stereocenters. The number of nitrogens with one attached hydrogen (secondary N) is 1. The standard InChI is InChI=1S/C14H18BrF2NO2S/c1-2-9-5-3-4-6-13(9)18-21(19,20)14-11(15)7-10(16)8-12(14)17/h7-9,13,18H,2-6H2,1H3. The number of sulfonamides is 1. The molecule has 2 unspecified atom stereocenters. The van der Waals surface area contributed by atoms with Gasteiger partial charge in [-0.3, -0.25) is 0 Å². The van der Waals surface area contributed by atoms with Crippen molar-refractivity contribution >= 4 is 26.0 Å². The molecule has 118 valence electrons. The zero-order chi connectivity index (χ0) is 15.6. The third-order valence-corrected chi connectivity index (χ3v) is 6.43. The highest BCUT2D eigenvalue weighted by atomic mass is 79.9. The summed E-state index contributed by atoms with van der Waals surface area (Å²) in [5.41, 5.74) is 0. The predicted octanol–water partition coefficient (Wildman–Crippen LogP) is 3.97. The molecular weight excluding hydrogens is 364 g/mol. The van der Waals surface area contributed by atoms with E-state index >= 15 is 0 Å². The van der Waals surface area contributed by atoms with E-state index in [1.54, 1.807) is 0 Å². The van der Waals surface area contributed by atoms with Crippen LogP contribution in [0.25, 0.3) is 0 Å². The van der Waals surface area contributed by atoms with Crippen LogP contribution in [-0.2, 0) is 10.0 Å². The van der Waals surface area contributed by atoms with Crippen molar-refractivity contribution in [2.75, 3.05) is 0 Å². The Hall–Kier alpha value is -0.530. The molecule has 0 saturated heterocycles. The van der Waals surface area contributed by atoms with Crippen LogP contribution in [0.5, 0.6) is 0 Å². The Kier molecular flexibility index (Phi) is 5.38. The lowest BCUT2D eigenvalue weighted by Gasteiger charge is -2.31. The largest absolute Gasteiger partial charge is 0.244 e. The second kappa shape index (κ2) is 6.71. The molecule has 1 aromatic rings. The molecule has 7 heteroatoms. The lowest BCUT2D eigenvalue weighted by Crippen LogP contribution is -2.42. The van der Waals surface area contributed by atoms with Gasteiger partial charge in [0.15, 0.2) is 0 Å². The lowest BCUT2D eigenvalue weighted by atomic mass is 9.83. The maximum Gasteiger partial charge on any atom is 0.244 e. The van der Waals surface area contributed by atoms with Gasteiger partial charge in [0.2, 0.25) is 10.0 Å². The fourth-order valence-electron chi connectivity index (χ4n) is 2.90. The molecule has 0 bridgehead atoms. The van der Waals surface area contributed by atoms with E-state index in [0.29, 0.717) is 6.07 Å². The zero-order valence-corrected chi connectivity index (χ0v) is 14.1. The van der Waals surface area contributed by atoms with Crippen molar-refractivity contribution in [2.45, 2.75) is 50.0 Å². The third kappa shape index (κ3) is 3.81. The van der Waals surface area contributed by atoms with Crippen LogP contribution in [0.1, 0.15) is 39.0 Å². The van der Waals surface area contributed by atoms with Crippen LogP contribution >= 0.6 is 15.9 Å². The average molecular weight is 382 g/mol. The van der Waals surface area contributed by atoms with E-state index in [2.05, 4.69) is 20.7 Å². The molecule has 0 radical (unpaired) electrons. The van der Waals surface area contributed by atoms with Crippen LogP contribution < -0.4 is 4.72 Å². The minimum atomic E-state index is -4.02. The number of benzene rings is 1. The topological polar surface area (TPSA) is 46.2 Å². The molecule has 0 aliphatic heterocycles. The first kappa shape index (κ1) is 16.8. The summed E-state index contributed by atoms with van der Waals surface area (Å²) in [6, 6.07) is 1.35. The highest BCUT2D eigenvalue weighted by molar-refractivity contribution is 9.10. The molecule has 3 nitrogen and oxygen atoms in total. The van der Waals surface area contributed by atoms with E-state index < -0.39 is 26.6 Å². The summed E-state index contributed by atoms with van der Waals surface area (Å²) < 4.78 is 54.3. The van der Waals surface area contributed by atoms with Gasteiger partial charge < -0.3 is 0 Å². The van der Waals surface area contributed by atoms with Crippen molar-refractivity contribution in [3.05, 3.63) is 28.2 Å². The Balaban J connectivity index is 2.30. The highest BCUT2D eigenvalue weighted by Gasteiger charge is 2.31. The molecule has 0 heterocycles. The fraction of sp³-hybridized carbons (Fsp3) is 0.571. The van der Waals surface area contributed by atoms with Crippen LogP contribution in [0.3, 0.4) is 0 Å². The van der Waals surface area contributed by atoms with Crippen molar-refractivity contribution in [3.8, 4) is 0 Å². The molecule has 0 aromatic heterocycles. The van der Waals surface area contributed by atoms with Gasteiger partial charge in [0.25, 0.3) is 0 Å². The monoisotopic (exact) mass is 381 g/mol. The zero-order valence-electron chi connectivity index (χ0n) is 11.7. The molecule has 1 N–H and O–H groups in total. The van der Waals surface area contributed by atoms with Crippen molar-refractivity contribution < 1.29 is 17.2 Å². The summed E-state index contributed by atoms with van der Waals surface area (Å²) in [4.78, 5) is -0.524. The second-order valence-corrected chi connectivity index (χ2v) is 7.88. The molecular formula is C14H18BrF2NO2S. The minimum Gasteiger partial charge on any atom is -0.208 e. The SMILES string of the molecule is CCC1CCCCC1NS(=O)(=O)c1c(F)cc(F)cc1Br. The molecule has 1 aliphatic rings. The Morgan fingerprint density at radius 2 is 1.95 bits per heavy atom. The van der Waals surface area contributed by atoms with Crippen molar-refractivity contribution in [1.29, 1.82) is 0 Å². The van der Waals surface area contributed by atoms with Crippen LogP contribution in [0.15, 0.2) is 21.5 Å². The van der Waals surface area contributed by atoms with Gasteiger partial charge in [0.1, 0.15) is 16.5 Å². The van der Waals surface area contributed by atoms with E-state index in [9.17, 15) is 17.2 Å². The van der Waals surface area contributed by atoms with Crippen molar-refractivity contribution in [3.63, 3.8) is 0 Å². The molecule has 2 rings (SSSR count). The second-order valence-electron chi connectivity index (χ2n) is 5.38. The maximum atomic E-state index is 13.9. The smallest absolute Gasteiger partial charge is 0.208 e. The van der Waals surface area contributed by atoms with Gasteiger partial charge in [0, 0.05) is 16.6 Å². The number of hydrogen-bond donors (Lipinski definition) is 1. The summed E-state index contributed by atoms with van der Waals surface area (Å²) >= 11 is 2.93. The van der Waals surface area contributed by atoms with Gasteiger partial charge in [0.05, 0.1) is 0 Å². The van der Waals surface area contributed by atoms with Gasteiger partial charge in [-0.25, -0.2) is 21.9 Å². The highest BCUT2D eigenvalue weighted by Crippen LogP contribution is 2.30. The van der Waals surface area contributed by atoms with E-state index in [-0.39, 0.29) is 16.4 Å². The van der Waals surface area contributed by atoms with E-state index in [1.807, 2.05) is 6.92 Å². The van der Waals surface area contributed by atoms with Crippen molar-refractivity contribution in [2.24, 2.45) is 5.92 Å². The average Bonchev–Trinajstić information content (AvgIpc) is 2.37. The third-order valence-electron chi connectivity index (χ3n) is 3.97. The van der Waals surface area contributed by atoms with Crippen LogP contribution in [-0.4, -0.2) is 14.5 Å². The van der Waals surface area contributed by atoms with Gasteiger partial charge in [-0.1, -0.05) is 26.2 Å². The van der Waals surface area contributed by atoms with Gasteiger partial charge >= 0.3 is 0 Å². The minimum absolute atomic E-state index is 0.101. The van der Waals surface area contributed by atoms with Gasteiger partial charge in [-0.15, -0.1) is 0 Å². The first-order valence-corrected chi connectivity index (χ1v) is 9.29. The van der Waals surface area contributed by atoms with Crippen LogP contribution in [0, 0.1) is 17.6 Å². The Morgan fingerprint density at radius 3 is 2.57 bits per heavy atom. The number of halogens is 3. The maximum absolute atomic E-state index is 13.9. The number of rotatable bonds is 4. The lowest BCUT2D eigenvalue weighted by molar-refractivity contribution is 0.282. The normalized spacial score (nSPS) is 23.2. The van der Waals surface area contributed by atoms with Crippen LogP contribution in [0.4, 0.5) is 8.78 Å². The van der Waals surface area contributed by atoms with Gasteiger partial charge in [-0.2, -0.15) is 0 Å². The fourth-order valence-corrected chi connectivity index (χ4v) is 5.40. The van der Waals surface area contributed by atoms with Gasteiger partial charge in [-0.05, 0) is 40.8 Å². The predicted molar refractivity (Wildman–Crippen MR) is 80.4 cm³/mol. The first-order chi connectivity index (χ1) is 9.85. The summed E-state index contributed by atoms with van der Waals surface area (Å²) in [6.07, 6.45) is 4.64. The van der Waals surface area contributed by atoms with E-state index in [4.69, 9.17) is 0 Å². The summed E-state index contributed by atoms with van der Waals surface area (Å²) in [5.74, 6) is -1.64. The Labute approximate surface area is 132 Å². The Morgan fingerprint density at radius 1 is 1.29 bits per heavy atom. The molecule has 1 saturated carbocycles. The summed E-state index contributed by atoms with van der Waals surface area (Å²) in [5, 5.41) is 0. The molecule has 1 fully saturated rings. The molecule has 0 amide bonds. The Bertz CT molecular complexity index is 598.